The molecule has 13 atom stereocenters. The Kier molecular flexibility index (Phi) is 20.4. The molecule has 1 unspecified atom stereocenters. The van der Waals surface area contributed by atoms with Gasteiger partial charge >= 0.3 is 24.4 Å². The fourth-order valence-corrected chi connectivity index (χ4v) is 8.79. The summed E-state index contributed by atoms with van der Waals surface area (Å²) in [6.07, 6.45) is -11.2. The Morgan fingerprint density at radius 3 is 1.99 bits per heavy atom. The predicted octanol–water partition coefficient (Wildman–Crippen LogP) is 1.83. The number of aliphatic hydroxyl groups excluding tert-OH is 3. The van der Waals surface area contributed by atoms with Crippen molar-refractivity contribution in [2.24, 2.45) is 5.73 Å². The van der Waals surface area contributed by atoms with Gasteiger partial charge in [0.15, 0.2) is 6.29 Å². The van der Waals surface area contributed by atoms with E-state index in [1.54, 1.807) is 94.1 Å². The number of carbonyl (C=O) groups is 5. The number of likely N-dealkylation sites (tertiary alicyclic amines) is 1. The highest BCUT2D eigenvalue weighted by Gasteiger charge is 2.55. The van der Waals surface area contributed by atoms with Crippen molar-refractivity contribution in [1.82, 2.24) is 31.1 Å². The maximum atomic E-state index is 13.8. The molecule has 3 aliphatic heterocycles. The third-order valence-corrected chi connectivity index (χ3v) is 11.9. The summed E-state index contributed by atoms with van der Waals surface area (Å²) in [5.74, 6) is -0.585. The van der Waals surface area contributed by atoms with E-state index in [2.05, 4.69) is 21.3 Å². The summed E-state index contributed by atoms with van der Waals surface area (Å²) in [4.78, 5) is 68.9. The van der Waals surface area contributed by atoms with Gasteiger partial charge in [0.25, 0.3) is 0 Å². The van der Waals surface area contributed by atoms with Crippen LogP contribution >= 0.6 is 0 Å². The standard InChI is InChI=1S/C48H85N7O17/c1-44(2,3)69-40(60)50-20-19-31(56)37(59)52-29-22-30(53-41(61)70-45(4,5)6)35(32(57)34(29)68-39-33(58)36(48(13,64)25-65-39)54(14)42(62)71-46(7,8)9)67-38-28(18-17-27(23-49)66-38)51-24-26-16-15-21-55(26)43(63)72-47(10,11)12/h17,26,28-36,38-39,51,56-58,64H,15-16,18-25,49H2,1-14H3,(H,50,60)(H,52,59)(H,53,61)/t26?,28-,29-,30+,31+,32-,33-,34+,35-,36-,38-,39-,48+/m1/s1. The lowest BCUT2D eigenvalue weighted by atomic mass is 9.82. The van der Waals surface area contributed by atoms with Gasteiger partial charge in [0.05, 0.1) is 37.3 Å². The summed E-state index contributed by atoms with van der Waals surface area (Å²) in [5, 5.41) is 58.6. The molecule has 1 aliphatic carbocycles. The van der Waals surface area contributed by atoms with E-state index >= 15 is 0 Å². The summed E-state index contributed by atoms with van der Waals surface area (Å²) in [7, 11) is 1.33. The Balaban J connectivity index is 1.71. The molecule has 414 valence electrons. The number of nitrogens with one attached hydrogen (secondary N) is 4. The molecule has 4 rings (SSSR count). The van der Waals surface area contributed by atoms with Crippen molar-refractivity contribution in [3.05, 3.63) is 11.8 Å². The third kappa shape index (κ3) is 18.0. The molecule has 3 heterocycles. The summed E-state index contributed by atoms with van der Waals surface area (Å²) in [6.45, 7) is 21.8. The normalized spacial score (nSPS) is 30.7. The average Bonchev–Trinajstić information content (AvgIpc) is 3.70. The van der Waals surface area contributed by atoms with Crippen LogP contribution in [0.1, 0.15) is 122 Å². The molecule has 3 fully saturated rings. The van der Waals surface area contributed by atoms with Crippen LogP contribution in [0.4, 0.5) is 19.2 Å². The lowest BCUT2D eigenvalue weighted by Crippen LogP contribution is -2.71. The second-order valence-electron chi connectivity index (χ2n) is 23.2. The number of hydrogen-bond acceptors (Lipinski definition) is 19. The molecule has 5 amide bonds. The van der Waals surface area contributed by atoms with E-state index in [9.17, 15) is 44.4 Å². The van der Waals surface area contributed by atoms with Crippen molar-refractivity contribution in [1.29, 1.82) is 0 Å². The Morgan fingerprint density at radius 2 is 1.40 bits per heavy atom. The van der Waals surface area contributed by atoms with Crippen molar-refractivity contribution < 1.29 is 82.3 Å². The number of carbonyl (C=O) groups excluding carboxylic acids is 5. The van der Waals surface area contributed by atoms with Crippen LogP contribution in [0.25, 0.3) is 0 Å². The van der Waals surface area contributed by atoms with Gasteiger partial charge in [0, 0.05) is 32.7 Å². The molecule has 2 saturated heterocycles. The van der Waals surface area contributed by atoms with Gasteiger partial charge in [-0.25, -0.2) is 19.2 Å². The molecule has 24 nitrogen and oxygen atoms in total. The molecule has 0 bridgehead atoms. The number of nitrogens with zero attached hydrogens (tertiary/aromatic N) is 2. The first-order chi connectivity index (χ1) is 33.1. The SMILES string of the molecule is CN(C(=O)OC(C)(C)C)[C@@H]1[C@@H](O)[C@@H](O[C@@H]2[C@@H](O)[C@H](O[C@H]3OC(CN)=CC[C@H]3NCC3CCCN3C(=O)OC(C)(C)C)[C@@H](NC(=O)OC(C)(C)C)C[C@H]2NC(=O)[C@@H](O)CCNC(=O)OC(C)(C)C)OC[C@]1(C)O. The number of ether oxygens (including phenoxy) is 8. The van der Waals surface area contributed by atoms with Crippen molar-refractivity contribution in [2.75, 3.05) is 39.8 Å². The first-order valence-corrected chi connectivity index (χ1v) is 24.8. The van der Waals surface area contributed by atoms with Crippen LogP contribution in [0.2, 0.25) is 0 Å². The van der Waals surface area contributed by atoms with E-state index in [1.165, 1.54) is 14.0 Å². The zero-order chi connectivity index (χ0) is 54.3. The number of alkyl carbamates (subject to hydrolysis) is 2. The van der Waals surface area contributed by atoms with E-state index in [-0.39, 0.29) is 32.0 Å². The van der Waals surface area contributed by atoms with Crippen LogP contribution in [0.15, 0.2) is 11.8 Å². The lowest BCUT2D eigenvalue weighted by Gasteiger charge is -2.50. The summed E-state index contributed by atoms with van der Waals surface area (Å²) < 4.78 is 47.4. The average molecular weight is 1030 g/mol. The van der Waals surface area contributed by atoms with E-state index in [4.69, 9.17) is 43.6 Å². The number of likely N-dealkylation sites (N-methyl/N-ethyl adjacent to an activating group) is 1. The molecule has 0 aromatic carbocycles. The quantitative estimate of drug-likeness (QED) is 0.106. The van der Waals surface area contributed by atoms with Crippen LogP contribution in [0, 0.1) is 0 Å². The molecule has 24 heteroatoms. The van der Waals surface area contributed by atoms with Crippen LogP contribution in [-0.4, -0.2) is 202 Å². The van der Waals surface area contributed by atoms with Gasteiger partial charge in [-0.15, -0.1) is 0 Å². The summed E-state index contributed by atoms with van der Waals surface area (Å²) >= 11 is 0. The van der Waals surface area contributed by atoms with E-state index < -0.39 is 132 Å². The Labute approximate surface area is 423 Å². The van der Waals surface area contributed by atoms with E-state index in [0.717, 1.165) is 11.3 Å². The van der Waals surface area contributed by atoms with Crippen molar-refractivity contribution in [3.8, 4) is 0 Å². The van der Waals surface area contributed by atoms with Crippen LogP contribution in [0.5, 0.6) is 0 Å². The maximum Gasteiger partial charge on any atom is 0.410 e. The minimum atomic E-state index is -1.85. The molecule has 0 radical (unpaired) electrons. The first-order valence-electron chi connectivity index (χ1n) is 24.8. The van der Waals surface area contributed by atoms with Crippen molar-refractivity contribution in [2.45, 2.75) is 223 Å². The second-order valence-corrected chi connectivity index (χ2v) is 23.2. The van der Waals surface area contributed by atoms with Gasteiger partial charge in [0.1, 0.15) is 64.3 Å². The van der Waals surface area contributed by atoms with Gasteiger partial charge in [-0.1, -0.05) is 0 Å². The number of amides is 5. The van der Waals surface area contributed by atoms with E-state index in [1.807, 2.05) is 0 Å². The molecular weight excluding hydrogens is 947 g/mol. The van der Waals surface area contributed by atoms with Crippen molar-refractivity contribution in [3.63, 3.8) is 0 Å². The van der Waals surface area contributed by atoms with Crippen molar-refractivity contribution >= 4 is 30.3 Å². The fraction of sp³-hybridized carbons (Fsp3) is 0.854. The van der Waals surface area contributed by atoms with Gasteiger partial charge in [-0.3, -0.25) is 4.79 Å². The first kappa shape index (κ1) is 60.3. The van der Waals surface area contributed by atoms with Crippen LogP contribution < -0.4 is 27.0 Å². The van der Waals surface area contributed by atoms with Crippen LogP contribution in [-0.2, 0) is 42.7 Å². The lowest BCUT2D eigenvalue weighted by molar-refractivity contribution is -0.311. The Bertz CT molecular complexity index is 1880. The second kappa shape index (κ2) is 24.4. The maximum absolute atomic E-state index is 13.8. The molecule has 0 aromatic rings. The van der Waals surface area contributed by atoms with Gasteiger partial charge in [0.2, 0.25) is 12.2 Å². The monoisotopic (exact) mass is 1030 g/mol. The molecule has 0 aromatic heterocycles. The minimum Gasteiger partial charge on any atom is -0.467 e. The molecule has 72 heavy (non-hydrogen) atoms. The summed E-state index contributed by atoms with van der Waals surface area (Å²) in [6, 6.07) is -4.75. The fourth-order valence-electron chi connectivity index (χ4n) is 8.79. The highest BCUT2D eigenvalue weighted by molar-refractivity contribution is 5.81. The third-order valence-electron chi connectivity index (χ3n) is 11.9. The molecule has 4 aliphatic rings. The van der Waals surface area contributed by atoms with Gasteiger partial charge in [-0.2, -0.15) is 0 Å². The smallest absolute Gasteiger partial charge is 0.410 e. The van der Waals surface area contributed by atoms with Gasteiger partial charge in [-0.05, 0) is 128 Å². The van der Waals surface area contributed by atoms with E-state index in [0.29, 0.717) is 31.7 Å². The molecule has 10 N–H and O–H groups in total. The highest BCUT2D eigenvalue weighted by atomic mass is 16.7. The summed E-state index contributed by atoms with van der Waals surface area (Å²) in [5.41, 5.74) is 0.777. The van der Waals surface area contributed by atoms with Gasteiger partial charge < -0.3 is 95.1 Å². The number of nitrogens with two attached hydrogens (primary N) is 1. The number of aliphatic hydroxyl groups is 4. The molecule has 1 saturated carbocycles. The molecular formula is C48H85N7O17. The largest absolute Gasteiger partial charge is 0.467 e. The topological polar surface area (TPSA) is 321 Å². The number of hydrogen-bond donors (Lipinski definition) is 9. The Hall–Kier alpha value is -4.27. The molecule has 0 spiro atoms. The highest BCUT2D eigenvalue weighted by Crippen LogP contribution is 2.35. The number of rotatable bonds is 15. The Morgan fingerprint density at radius 1 is 0.833 bits per heavy atom. The zero-order valence-electron chi connectivity index (χ0n) is 44.6. The minimum absolute atomic E-state index is 0.0104. The van der Waals surface area contributed by atoms with Crippen LogP contribution in [0.3, 0.4) is 0 Å². The predicted molar refractivity (Wildman–Crippen MR) is 259 cm³/mol. The zero-order valence-corrected chi connectivity index (χ0v) is 44.6.